The van der Waals surface area contributed by atoms with Crippen LogP contribution in [0.15, 0.2) is 0 Å². The van der Waals surface area contributed by atoms with Crippen molar-refractivity contribution in [1.29, 1.82) is 0 Å². The van der Waals surface area contributed by atoms with Gasteiger partial charge < -0.3 is 81.1 Å². The Labute approximate surface area is 204 Å². The zero-order valence-electron chi connectivity index (χ0n) is 15.9. The van der Waals surface area contributed by atoms with Gasteiger partial charge in [-0.2, -0.15) is 0 Å². The minimum atomic E-state index is -2.40. The van der Waals surface area contributed by atoms with E-state index in [1.807, 2.05) is 0 Å². The summed E-state index contributed by atoms with van der Waals surface area (Å²) in [7, 11) is 0. The molecule has 180 valence electrons. The predicted octanol–water partition coefficient (Wildman–Crippen LogP) is -11.3. The number of carbonyl (C=O) groups is 2. The minimum absolute atomic E-state index is 0. The monoisotopic (exact) mass is 490 g/mol. The van der Waals surface area contributed by atoms with Gasteiger partial charge in [-0.25, -0.2) is 0 Å². The number of carboxylic acid groups (broad SMARTS) is 2. The number of carboxylic acids is 2. The molecule has 0 heterocycles. The van der Waals surface area contributed by atoms with E-state index in [2.05, 4.69) is 0 Å². The van der Waals surface area contributed by atoms with Crippen molar-refractivity contribution in [2.45, 2.75) is 61.0 Å². The van der Waals surface area contributed by atoms with E-state index >= 15 is 0 Å². The number of hydrogen-bond donors (Lipinski definition) is 12. The summed E-state index contributed by atoms with van der Waals surface area (Å²) in [5.41, 5.74) is 0. The molecule has 0 fully saturated rings. The van der Waals surface area contributed by atoms with Gasteiger partial charge in [-0.1, -0.05) is 0 Å². The topological polar surface area (TPSA) is 323 Å². The first kappa shape index (κ1) is 35.3. The third kappa shape index (κ3) is 11.9. The van der Waals surface area contributed by atoms with E-state index in [-0.39, 0.29) is 37.7 Å². The fourth-order valence-electron chi connectivity index (χ4n) is 1.73. The molecule has 0 rings (SSSR count). The third-order valence-corrected chi connectivity index (χ3v) is 3.69. The predicted molar refractivity (Wildman–Crippen MR) is 90.0 cm³/mol. The van der Waals surface area contributed by atoms with Crippen molar-refractivity contribution < 1.29 is 81.1 Å². The Morgan fingerprint density at radius 2 is 0.742 bits per heavy atom. The summed E-state index contributed by atoms with van der Waals surface area (Å²) in [5.74, 6) is -4.07. The summed E-state index contributed by atoms with van der Waals surface area (Å²) in [6.45, 7) is -1.79. The van der Waals surface area contributed by atoms with E-state index in [0.29, 0.717) is 0 Å². The van der Waals surface area contributed by atoms with Crippen molar-refractivity contribution in [2.24, 2.45) is 0 Å². The Kier molecular flexibility index (Phi) is 19.6. The average molecular weight is 490 g/mol. The van der Waals surface area contributed by atoms with Crippen molar-refractivity contribution >= 4 is 49.7 Å². The van der Waals surface area contributed by atoms with Crippen LogP contribution >= 0.6 is 0 Å². The first-order valence-electron chi connectivity index (χ1n) is 8.09. The summed E-state index contributed by atoms with van der Waals surface area (Å²) in [5, 5.41) is 126. The van der Waals surface area contributed by atoms with Crippen molar-refractivity contribution in [3.8, 4) is 0 Å². The molecule has 0 unspecified atom stereocenters. The number of carbonyl (C=O) groups excluding carboxylic acids is 2. The summed E-state index contributed by atoms with van der Waals surface area (Å²) >= 11 is 0. The SMILES string of the molecule is O=C([O-])[C@H](O)[C@H](O)[C@H](O)[C@@H](O)[C@H](O)CO.O=C([O-])[C@H](O)[C@H](O)[C@H](O)[C@@H](O)[C@H](O)CO.[Ca+2]. The van der Waals surface area contributed by atoms with Gasteiger partial charge in [0, 0.05) is 0 Å². The maximum absolute atomic E-state index is 10.1. The molecule has 0 bridgehead atoms. The van der Waals surface area contributed by atoms with Gasteiger partial charge >= 0.3 is 37.7 Å². The van der Waals surface area contributed by atoms with Gasteiger partial charge in [0.05, 0.1) is 25.2 Å². The molecule has 10 atom stereocenters. The number of aliphatic hydroxyl groups excluding tert-OH is 12. The van der Waals surface area contributed by atoms with Crippen LogP contribution < -0.4 is 10.2 Å². The largest absolute Gasteiger partial charge is 2.00 e. The smallest absolute Gasteiger partial charge is 0.547 e. The van der Waals surface area contributed by atoms with Crippen molar-refractivity contribution in [3.05, 3.63) is 0 Å². The van der Waals surface area contributed by atoms with Crippen molar-refractivity contribution in [2.75, 3.05) is 13.2 Å². The molecule has 0 saturated carbocycles. The molecule has 12 N–H and O–H groups in total. The van der Waals surface area contributed by atoms with E-state index in [4.69, 9.17) is 61.3 Å². The first-order chi connectivity index (χ1) is 13.6. The van der Waals surface area contributed by atoms with Crippen LogP contribution in [0, 0.1) is 0 Å². The molecule has 0 aromatic carbocycles. The van der Waals surface area contributed by atoms with Crippen LogP contribution in [0.3, 0.4) is 0 Å². The molecule has 0 aliphatic carbocycles. The fraction of sp³-hybridized carbons (Fsp3) is 0.857. The third-order valence-electron chi connectivity index (χ3n) is 3.69. The zero-order chi connectivity index (χ0) is 24.3. The van der Waals surface area contributed by atoms with Crippen LogP contribution in [-0.4, -0.2) is 185 Å². The number of aliphatic carboxylic acids is 2. The molecule has 0 amide bonds. The molecule has 31 heavy (non-hydrogen) atoms. The minimum Gasteiger partial charge on any atom is -0.547 e. The first-order valence-corrected chi connectivity index (χ1v) is 8.09. The summed E-state index contributed by atoms with van der Waals surface area (Å²) < 4.78 is 0. The Balaban J connectivity index is -0.000000490. The molecular weight excluding hydrogens is 464 g/mol. The molecule has 0 radical (unpaired) electrons. The second-order valence-corrected chi connectivity index (χ2v) is 5.97. The number of hydrogen-bond acceptors (Lipinski definition) is 16. The van der Waals surface area contributed by atoms with Gasteiger partial charge in [0.15, 0.2) is 0 Å². The normalized spacial score (nSPS) is 20.8. The summed E-state index contributed by atoms with van der Waals surface area (Å²) in [6.07, 6.45) is -21.0. The second-order valence-electron chi connectivity index (χ2n) is 5.97. The Morgan fingerprint density at radius 1 is 0.516 bits per heavy atom. The Hall–Kier alpha value is -0.280. The quantitative estimate of drug-likeness (QED) is 0.113. The number of aliphatic hydroxyl groups is 12. The second kappa shape index (κ2) is 17.2. The molecule has 17 heteroatoms. The van der Waals surface area contributed by atoms with Crippen LogP contribution in [-0.2, 0) is 9.59 Å². The van der Waals surface area contributed by atoms with Gasteiger partial charge in [-0.05, 0) is 0 Å². The Bertz CT molecular complexity index is 465. The van der Waals surface area contributed by atoms with E-state index in [9.17, 15) is 19.8 Å². The van der Waals surface area contributed by atoms with Crippen LogP contribution in [0.4, 0.5) is 0 Å². The van der Waals surface area contributed by atoms with Gasteiger partial charge in [-0.3, -0.25) is 0 Å². The Morgan fingerprint density at radius 3 is 0.903 bits per heavy atom. The van der Waals surface area contributed by atoms with E-state index < -0.39 is 86.2 Å². The molecule has 0 aliphatic heterocycles. The van der Waals surface area contributed by atoms with E-state index in [1.165, 1.54) is 0 Å². The standard InChI is InChI=1S/2C7H14O8.Ca/c2*8-1-2(9)3(10)4(11)5(12)6(13)7(14)15;/h2*2-6,8-13H,1H2,(H,14,15);/q;;+2/p-2/t2*2-,3+,4-,5-,6-;/m11./s1. The fourth-order valence-corrected chi connectivity index (χ4v) is 1.73. The van der Waals surface area contributed by atoms with Crippen LogP contribution in [0.2, 0.25) is 0 Å². The van der Waals surface area contributed by atoms with Gasteiger partial charge in [0.1, 0.15) is 61.0 Å². The molecule has 16 nitrogen and oxygen atoms in total. The van der Waals surface area contributed by atoms with Crippen molar-refractivity contribution in [3.63, 3.8) is 0 Å². The van der Waals surface area contributed by atoms with E-state index in [1.54, 1.807) is 0 Å². The molecule has 0 aliphatic rings. The van der Waals surface area contributed by atoms with Gasteiger partial charge in [0.2, 0.25) is 0 Å². The molecule has 0 aromatic heterocycles. The van der Waals surface area contributed by atoms with Crippen LogP contribution in [0.25, 0.3) is 0 Å². The van der Waals surface area contributed by atoms with Gasteiger partial charge in [-0.15, -0.1) is 0 Å². The summed E-state index contributed by atoms with van der Waals surface area (Å²) in [4.78, 5) is 20.2. The van der Waals surface area contributed by atoms with Crippen molar-refractivity contribution in [1.82, 2.24) is 0 Å². The molecule has 0 spiro atoms. The number of rotatable bonds is 12. The zero-order valence-corrected chi connectivity index (χ0v) is 18.1. The maximum Gasteiger partial charge on any atom is 2.00 e. The molecule has 0 saturated heterocycles. The molecule has 0 aromatic rings. The van der Waals surface area contributed by atoms with Crippen LogP contribution in [0.5, 0.6) is 0 Å². The van der Waals surface area contributed by atoms with E-state index in [0.717, 1.165) is 0 Å². The summed E-state index contributed by atoms with van der Waals surface area (Å²) in [6, 6.07) is 0. The maximum atomic E-state index is 10.1. The van der Waals surface area contributed by atoms with Crippen LogP contribution in [0.1, 0.15) is 0 Å². The molecular formula is C14H26CaO16. The van der Waals surface area contributed by atoms with Gasteiger partial charge in [0.25, 0.3) is 0 Å². The average Bonchev–Trinajstić information content (AvgIpc) is 2.73.